The van der Waals surface area contributed by atoms with Gasteiger partial charge in [0.1, 0.15) is 11.5 Å². The van der Waals surface area contributed by atoms with Crippen molar-refractivity contribution >= 4 is 28.8 Å². The van der Waals surface area contributed by atoms with Crippen molar-refractivity contribution in [3.63, 3.8) is 0 Å². The summed E-state index contributed by atoms with van der Waals surface area (Å²) in [7, 11) is 0. The van der Waals surface area contributed by atoms with E-state index in [9.17, 15) is 14.7 Å². The molecule has 6 rings (SSSR count). The number of allylic oxidation sites excluding steroid dienone is 2. The number of benzene rings is 2. The number of carboxylic acids is 1. The summed E-state index contributed by atoms with van der Waals surface area (Å²) >= 11 is 0. The Balaban J connectivity index is 1.28. The maximum atomic E-state index is 15.5. The number of rotatable bonds is 9. The van der Waals surface area contributed by atoms with E-state index in [1.807, 2.05) is 36.1 Å². The van der Waals surface area contributed by atoms with Crippen LogP contribution in [0.1, 0.15) is 41.9 Å². The molecule has 0 radical (unpaired) electrons. The average Bonchev–Trinajstić information content (AvgIpc) is 3.73. The van der Waals surface area contributed by atoms with Gasteiger partial charge in [0, 0.05) is 43.1 Å². The van der Waals surface area contributed by atoms with Crippen LogP contribution >= 0.6 is 0 Å². The predicted octanol–water partition coefficient (Wildman–Crippen LogP) is 5.90. The molecule has 1 fully saturated rings. The van der Waals surface area contributed by atoms with Crippen molar-refractivity contribution in [1.82, 2.24) is 24.9 Å². The van der Waals surface area contributed by atoms with Gasteiger partial charge in [0.05, 0.1) is 23.0 Å². The Bertz CT molecular complexity index is 1920. The van der Waals surface area contributed by atoms with Gasteiger partial charge in [0.2, 0.25) is 0 Å². The Hall–Kier alpha value is -5.38. The van der Waals surface area contributed by atoms with Crippen molar-refractivity contribution in [3.8, 4) is 22.6 Å². The Kier molecular flexibility index (Phi) is 8.37. The standard InChI is InChI=1S/C35H33FN6O3/c1-3-22(2)26-9-5-4-8-23(26)13-16-38-34(43)31-19-32(29-10-6-7-15-37-29)42-33(39-31)20-30(40-42)27-12-11-25(18-28(27)36)41-17-14-24(21-41)35(44)45/h3-12,15,18-20,24H,13-14,16-17,21H2,1-2H3,(H,38,43)(H,44,45)/b22-3-/t24-/m0/s1. The number of carbonyl (C=O) groups is 2. The number of fused-ring (bicyclic) bond motifs is 1. The molecule has 10 heteroatoms. The first kappa shape index (κ1) is 29.7. The molecule has 228 valence electrons. The quantitative estimate of drug-likeness (QED) is 0.215. The SMILES string of the molecule is C/C=C(/C)c1ccccc1CCNC(=O)c1cc(-c2ccccn2)n2nc(-c3ccc(N4CC[C@H](C(=O)O)C4)cc3F)cc2n1. The van der Waals surface area contributed by atoms with Crippen molar-refractivity contribution in [1.29, 1.82) is 0 Å². The van der Waals surface area contributed by atoms with Gasteiger partial charge in [0.25, 0.3) is 5.91 Å². The molecule has 1 atom stereocenters. The molecule has 0 unspecified atom stereocenters. The second kappa shape index (κ2) is 12.7. The Morgan fingerprint density at radius 1 is 1.07 bits per heavy atom. The van der Waals surface area contributed by atoms with Gasteiger partial charge in [-0.25, -0.2) is 13.9 Å². The van der Waals surface area contributed by atoms with Crippen LogP contribution in [0.15, 0.2) is 85.1 Å². The first-order valence-electron chi connectivity index (χ1n) is 14.9. The number of carboxylic acid groups (broad SMARTS) is 1. The number of amides is 1. The fourth-order valence-electron chi connectivity index (χ4n) is 5.70. The smallest absolute Gasteiger partial charge is 0.308 e. The van der Waals surface area contributed by atoms with Gasteiger partial charge in [-0.2, -0.15) is 5.10 Å². The van der Waals surface area contributed by atoms with Crippen LogP contribution in [-0.2, 0) is 11.2 Å². The maximum Gasteiger partial charge on any atom is 0.308 e. The number of halogens is 1. The molecular weight excluding hydrogens is 571 g/mol. The van der Waals surface area contributed by atoms with Crippen LogP contribution in [0.3, 0.4) is 0 Å². The molecular formula is C35H33FN6O3. The fourth-order valence-corrected chi connectivity index (χ4v) is 5.70. The summed E-state index contributed by atoms with van der Waals surface area (Å²) in [5.41, 5.74) is 6.42. The summed E-state index contributed by atoms with van der Waals surface area (Å²) in [6, 6.07) is 21.7. The lowest BCUT2D eigenvalue weighted by atomic mass is 9.98. The van der Waals surface area contributed by atoms with E-state index >= 15 is 4.39 Å². The number of anilines is 1. The molecule has 5 aromatic rings. The molecule has 45 heavy (non-hydrogen) atoms. The highest BCUT2D eigenvalue weighted by Crippen LogP contribution is 2.31. The van der Waals surface area contributed by atoms with Crippen LogP contribution in [0.5, 0.6) is 0 Å². The van der Waals surface area contributed by atoms with E-state index in [0.717, 1.165) is 11.1 Å². The number of pyridine rings is 1. The molecule has 3 aromatic heterocycles. The average molecular weight is 605 g/mol. The van der Waals surface area contributed by atoms with Crippen molar-refractivity contribution < 1.29 is 19.1 Å². The van der Waals surface area contributed by atoms with E-state index in [1.54, 1.807) is 41.0 Å². The van der Waals surface area contributed by atoms with Gasteiger partial charge >= 0.3 is 5.97 Å². The van der Waals surface area contributed by atoms with Crippen LogP contribution in [0.25, 0.3) is 33.9 Å². The molecule has 2 N–H and O–H groups in total. The summed E-state index contributed by atoms with van der Waals surface area (Å²) in [6.45, 7) is 5.39. The molecule has 1 saturated heterocycles. The molecule has 0 aliphatic carbocycles. The highest BCUT2D eigenvalue weighted by molar-refractivity contribution is 5.94. The van der Waals surface area contributed by atoms with E-state index in [4.69, 9.17) is 0 Å². The molecule has 1 aliphatic rings. The number of nitrogens with one attached hydrogen (secondary N) is 1. The van der Waals surface area contributed by atoms with Gasteiger partial charge in [-0.15, -0.1) is 0 Å². The van der Waals surface area contributed by atoms with E-state index in [-0.39, 0.29) is 17.2 Å². The summed E-state index contributed by atoms with van der Waals surface area (Å²) in [4.78, 5) is 35.7. The lowest BCUT2D eigenvalue weighted by molar-refractivity contribution is -0.140. The number of nitrogens with zero attached hydrogens (tertiary/aromatic N) is 5. The second-order valence-corrected chi connectivity index (χ2v) is 11.1. The third kappa shape index (κ3) is 6.17. The second-order valence-electron chi connectivity index (χ2n) is 11.1. The highest BCUT2D eigenvalue weighted by Gasteiger charge is 2.28. The van der Waals surface area contributed by atoms with E-state index in [2.05, 4.69) is 45.5 Å². The summed E-state index contributed by atoms with van der Waals surface area (Å²) in [5.74, 6) is -2.13. The zero-order chi connectivity index (χ0) is 31.5. The lowest BCUT2D eigenvalue weighted by Crippen LogP contribution is -2.27. The third-order valence-corrected chi connectivity index (χ3v) is 8.27. The maximum absolute atomic E-state index is 15.5. The van der Waals surface area contributed by atoms with Crippen molar-refractivity contribution in [2.45, 2.75) is 26.7 Å². The fraction of sp³-hybridized carbons (Fsp3) is 0.229. The van der Waals surface area contributed by atoms with Gasteiger partial charge in [-0.05, 0) is 79.8 Å². The van der Waals surface area contributed by atoms with Crippen LogP contribution in [0.4, 0.5) is 10.1 Å². The van der Waals surface area contributed by atoms with Gasteiger partial charge < -0.3 is 15.3 Å². The van der Waals surface area contributed by atoms with Crippen LogP contribution < -0.4 is 10.2 Å². The minimum atomic E-state index is -0.839. The summed E-state index contributed by atoms with van der Waals surface area (Å²) in [6.07, 6.45) is 4.90. The Morgan fingerprint density at radius 2 is 1.89 bits per heavy atom. The molecule has 4 heterocycles. The molecule has 9 nitrogen and oxygen atoms in total. The van der Waals surface area contributed by atoms with Crippen molar-refractivity contribution in [3.05, 3.63) is 108 Å². The first-order chi connectivity index (χ1) is 21.8. The number of aromatic nitrogens is 4. The zero-order valence-corrected chi connectivity index (χ0v) is 25.1. The zero-order valence-electron chi connectivity index (χ0n) is 25.1. The van der Waals surface area contributed by atoms with E-state index < -0.39 is 17.7 Å². The van der Waals surface area contributed by atoms with Crippen LogP contribution in [-0.4, -0.2) is 56.2 Å². The molecule has 1 amide bonds. The van der Waals surface area contributed by atoms with Gasteiger partial charge in [-0.3, -0.25) is 14.6 Å². The number of carbonyl (C=O) groups excluding carboxylic acids is 1. The van der Waals surface area contributed by atoms with Crippen LogP contribution in [0, 0.1) is 11.7 Å². The minimum absolute atomic E-state index is 0.199. The molecule has 2 aromatic carbocycles. The largest absolute Gasteiger partial charge is 0.481 e. The molecule has 0 spiro atoms. The molecule has 0 bridgehead atoms. The Labute approximate surface area is 260 Å². The summed E-state index contributed by atoms with van der Waals surface area (Å²) < 4.78 is 17.1. The molecule has 0 saturated carbocycles. The van der Waals surface area contributed by atoms with Crippen molar-refractivity contribution in [2.75, 3.05) is 24.5 Å². The number of hydrogen-bond acceptors (Lipinski definition) is 6. The van der Waals surface area contributed by atoms with Gasteiger partial charge in [-0.1, -0.05) is 36.4 Å². The first-order valence-corrected chi connectivity index (χ1v) is 14.9. The monoisotopic (exact) mass is 604 g/mol. The van der Waals surface area contributed by atoms with E-state index in [0.29, 0.717) is 60.9 Å². The number of hydrogen-bond donors (Lipinski definition) is 2. The van der Waals surface area contributed by atoms with E-state index in [1.165, 1.54) is 11.6 Å². The van der Waals surface area contributed by atoms with Crippen LogP contribution in [0.2, 0.25) is 0 Å². The summed E-state index contributed by atoms with van der Waals surface area (Å²) in [5, 5.41) is 17.0. The van der Waals surface area contributed by atoms with Gasteiger partial charge in [0.15, 0.2) is 5.65 Å². The molecule has 1 aliphatic heterocycles. The third-order valence-electron chi connectivity index (χ3n) is 8.27. The predicted molar refractivity (Wildman–Crippen MR) is 171 cm³/mol. The highest BCUT2D eigenvalue weighted by atomic mass is 19.1. The minimum Gasteiger partial charge on any atom is -0.481 e. The normalized spacial score (nSPS) is 15.0. The Morgan fingerprint density at radius 3 is 2.62 bits per heavy atom. The van der Waals surface area contributed by atoms with Crippen molar-refractivity contribution in [2.24, 2.45) is 5.92 Å². The lowest BCUT2D eigenvalue weighted by Gasteiger charge is -2.18. The topological polar surface area (TPSA) is 113 Å². The number of aliphatic carboxylic acids is 1.